The van der Waals surface area contributed by atoms with E-state index < -0.39 is 6.29 Å². The zero-order chi connectivity index (χ0) is 22.0. The molecule has 2 aliphatic carbocycles. The van der Waals surface area contributed by atoms with Crippen LogP contribution in [0.4, 0.5) is 0 Å². The minimum atomic E-state index is -0.413. The predicted molar refractivity (Wildman–Crippen MR) is 116 cm³/mol. The van der Waals surface area contributed by atoms with Gasteiger partial charge in [-0.1, -0.05) is 26.0 Å². The van der Waals surface area contributed by atoms with E-state index in [1.165, 1.54) is 0 Å². The Balaban J connectivity index is 1.46. The van der Waals surface area contributed by atoms with Crippen LogP contribution in [0.5, 0.6) is 5.75 Å². The lowest BCUT2D eigenvalue weighted by Crippen LogP contribution is -2.30. The number of benzene rings is 2. The summed E-state index contributed by atoms with van der Waals surface area (Å²) >= 11 is 0. The van der Waals surface area contributed by atoms with Crippen molar-refractivity contribution in [1.29, 1.82) is 5.26 Å². The summed E-state index contributed by atoms with van der Waals surface area (Å²) in [7, 11) is 0. The van der Waals surface area contributed by atoms with Crippen LogP contribution in [0.3, 0.4) is 0 Å². The molecule has 0 unspecified atom stereocenters. The number of Topliss-reactive ketones (excluding diaryl/α,β-unsaturated/α-hetero) is 1. The summed E-state index contributed by atoms with van der Waals surface area (Å²) in [5.41, 5.74) is 5.60. The van der Waals surface area contributed by atoms with Crippen molar-refractivity contribution < 1.29 is 19.0 Å². The molecule has 2 aromatic rings. The van der Waals surface area contributed by atoms with Crippen molar-refractivity contribution in [3.63, 3.8) is 0 Å². The van der Waals surface area contributed by atoms with Gasteiger partial charge in [0.1, 0.15) is 12.4 Å². The standard InChI is InChI=1S/C26H25NO4/c1-25(2)14-30-22(31-25)13-29-17-6-8-20-19(11-17)24(28)23-18-7-5-15(12-27)9-16(18)10-21(23)26(20,3)4/h5-9,11,22H,10,13-14H2,1-4H3/t22-/m0/s1. The molecule has 5 nitrogen and oxygen atoms in total. The van der Waals surface area contributed by atoms with Crippen LogP contribution in [0.15, 0.2) is 42.0 Å². The molecule has 158 valence electrons. The number of carbonyl (C=O) groups is 1. The molecule has 1 atom stereocenters. The number of fused-ring (bicyclic) bond motifs is 3. The Kier molecular flexibility index (Phi) is 4.37. The van der Waals surface area contributed by atoms with Crippen molar-refractivity contribution >= 4 is 11.4 Å². The van der Waals surface area contributed by atoms with Gasteiger partial charge in [-0.05, 0) is 66.8 Å². The maximum atomic E-state index is 13.6. The Hall–Kier alpha value is -2.94. The quantitative estimate of drug-likeness (QED) is 0.734. The zero-order valence-corrected chi connectivity index (χ0v) is 18.2. The summed E-state index contributed by atoms with van der Waals surface area (Å²) in [6.45, 7) is 9.09. The molecule has 3 aliphatic rings. The number of carbonyl (C=O) groups excluding carboxylic acids is 1. The van der Waals surface area contributed by atoms with Crippen LogP contribution < -0.4 is 4.74 Å². The van der Waals surface area contributed by atoms with Gasteiger partial charge in [-0.15, -0.1) is 0 Å². The number of ketones is 1. The van der Waals surface area contributed by atoms with Gasteiger partial charge in [0, 0.05) is 16.6 Å². The normalized spacial score (nSPS) is 22.5. The van der Waals surface area contributed by atoms with Crippen LogP contribution in [0.25, 0.3) is 5.57 Å². The first-order valence-electron chi connectivity index (χ1n) is 10.6. The third kappa shape index (κ3) is 3.18. The first-order valence-corrected chi connectivity index (χ1v) is 10.6. The number of nitriles is 1. The fourth-order valence-electron chi connectivity index (χ4n) is 4.89. The van der Waals surface area contributed by atoms with Crippen molar-refractivity contribution in [2.45, 2.75) is 51.4 Å². The lowest BCUT2D eigenvalue weighted by atomic mass is 9.68. The molecule has 1 saturated heterocycles. The molecule has 0 amide bonds. The van der Waals surface area contributed by atoms with E-state index >= 15 is 0 Å². The van der Waals surface area contributed by atoms with Crippen molar-refractivity contribution in [2.24, 2.45) is 0 Å². The number of nitrogens with zero attached hydrogens (tertiary/aromatic N) is 1. The van der Waals surface area contributed by atoms with Gasteiger partial charge in [0.15, 0.2) is 12.1 Å². The predicted octanol–water partition coefficient (Wildman–Crippen LogP) is 4.57. The fourth-order valence-corrected chi connectivity index (χ4v) is 4.89. The van der Waals surface area contributed by atoms with Crippen molar-refractivity contribution in [1.82, 2.24) is 0 Å². The third-order valence-corrected chi connectivity index (χ3v) is 6.52. The summed E-state index contributed by atoms with van der Waals surface area (Å²) in [6.07, 6.45) is 0.284. The van der Waals surface area contributed by atoms with E-state index in [2.05, 4.69) is 19.9 Å². The highest BCUT2D eigenvalue weighted by Gasteiger charge is 2.43. The second-order valence-electron chi connectivity index (χ2n) is 9.60. The van der Waals surface area contributed by atoms with Gasteiger partial charge in [-0.25, -0.2) is 0 Å². The smallest absolute Gasteiger partial charge is 0.194 e. The van der Waals surface area contributed by atoms with Crippen LogP contribution in [0.2, 0.25) is 0 Å². The molecule has 0 bridgehead atoms. The van der Waals surface area contributed by atoms with Crippen LogP contribution >= 0.6 is 0 Å². The third-order valence-electron chi connectivity index (χ3n) is 6.52. The molecule has 0 radical (unpaired) electrons. The molecular weight excluding hydrogens is 390 g/mol. The van der Waals surface area contributed by atoms with Crippen molar-refractivity contribution in [2.75, 3.05) is 13.2 Å². The van der Waals surface area contributed by atoms with Gasteiger partial charge in [0.2, 0.25) is 0 Å². The topological polar surface area (TPSA) is 68.5 Å². The van der Waals surface area contributed by atoms with Crippen LogP contribution in [-0.4, -0.2) is 30.9 Å². The molecular formula is C26H25NO4. The molecule has 1 aliphatic heterocycles. The molecule has 0 N–H and O–H groups in total. The summed E-state index contributed by atoms with van der Waals surface area (Å²) < 4.78 is 17.4. The number of ether oxygens (including phenoxy) is 3. The average Bonchev–Trinajstić information content (AvgIpc) is 3.30. The summed E-state index contributed by atoms with van der Waals surface area (Å²) in [4.78, 5) is 13.6. The SMILES string of the molecule is CC1(C)CO[C@H](COc2ccc3c(c2)C(=O)C2=C(Cc4cc(C#N)ccc42)C3(C)C)O1. The van der Waals surface area contributed by atoms with E-state index in [0.29, 0.717) is 29.9 Å². The van der Waals surface area contributed by atoms with E-state index in [4.69, 9.17) is 14.2 Å². The Bertz CT molecular complexity index is 1180. The van der Waals surface area contributed by atoms with E-state index in [-0.39, 0.29) is 23.4 Å². The Morgan fingerprint density at radius 3 is 2.65 bits per heavy atom. The molecule has 1 fully saturated rings. The van der Waals surface area contributed by atoms with Gasteiger partial charge in [0.25, 0.3) is 0 Å². The van der Waals surface area contributed by atoms with Gasteiger partial charge >= 0.3 is 0 Å². The molecule has 2 aromatic carbocycles. The second kappa shape index (κ2) is 6.78. The summed E-state index contributed by atoms with van der Waals surface area (Å²) in [6, 6.07) is 13.5. The van der Waals surface area contributed by atoms with E-state index in [0.717, 1.165) is 27.8 Å². The van der Waals surface area contributed by atoms with E-state index in [1.807, 2.05) is 44.2 Å². The highest BCUT2D eigenvalue weighted by atomic mass is 16.7. The van der Waals surface area contributed by atoms with E-state index in [9.17, 15) is 10.1 Å². The maximum Gasteiger partial charge on any atom is 0.194 e. The first-order chi connectivity index (χ1) is 14.7. The van der Waals surface area contributed by atoms with Gasteiger partial charge in [-0.2, -0.15) is 5.26 Å². The molecule has 0 aromatic heterocycles. The average molecular weight is 415 g/mol. The lowest BCUT2D eigenvalue weighted by Gasteiger charge is -2.34. The summed E-state index contributed by atoms with van der Waals surface area (Å²) in [5.74, 6) is 0.648. The Labute approximate surface area is 182 Å². The Morgan fingerprint density at radius 2 is 1.94 bits per heavy atom. The second-order valence-corrected chi connectivity index (χ2v) is 9.60. The number of hydrogen-bond donors (Lipinski definition) is 0. The van der Waals surface area contributed by atoms with Gasteiger partial charge in [0.05, 0.1) is 23.8 Å². The van der Waals surface area contributed by atoms with Crippen LogP contribution in [0, 0.1) is 11.3 Å². The van der Waals surface area contributed by atoms with Crippen LogP contribution in [-0.2, 0) is 21.3 Å². The zero-order valence-electron chi connectivity index (χ0n) is 18.2. The minimum absolute atomic E-state index is 0.0210. The fraction of sp³-hybridized carbons (Fsp3) is 0.385. The summed E-state index contributed by atoms with van der Waals surface area (Å²) in [5, 5.41) is 9.25. The molecule has 0 spiro atoms. The van der Waals surface area contributed by atoms with Gasteiger partial charge < -0.3 is 14.2 Å². The van der Waals surface area contributed by atoms with Crippen molar-refractivity contribution in [3.05, 3.63) is 69.8 Å². The number of hydrogen-bond acceptors (Lipinski definition) is 5. The molecule has 31 heavy (non-hydrogen) atoms. The number of rotatable bonds is 3. The highest BCUT2D eigenvalue weighted by molar-refractivity contribution is 6.33. The monoisotopic (exact) mass is 415 g/mol. The number of allylic oxidation sites excluding steroid dienone is 2. The maximum absolute atomic E-state index is 13.6. The largest absolute Gasteiger partial charge is 0.488 e. The molecule has 0 saturated carbocycles. The van der Waals surface area contributed by atoms with E-state index in [1.54, 1.807) is 6.07 Å². The molecule has 5 rings (SSSR count). The molecule has 1 heterocycles. The van der Waals surface area contributed by atoms with Crippen molar-refractivity contribution in [3.8, 4) is 11.8 Å². The van der Waals surface area contributed by atoms with Crippen LogP contribution in [0.1, 0.15) is 60.3 Å². The molecule has 5 heteroatoms. The first kappa shape index (κ1) is 20.0. The highest BCUT2D eigenvalue weighted by Crippen LogP contribution is 2.50. The van der Waals surface area contributed by atoms with Gasteiger partial charge in [-0.3, -0.25) is 4.79 Å². The lowest BCUT2D eigenvalue weighted by molar-refractivity contribution is -0.0990. The minimum Gasteiger partial charge on any atom is -0.488 e. The Morgan fingerprint density at radius 1 is 1.13 bits per heavy atom.